The Kier molecular flexibility index (Phi) is 6.15. The molecule has 11 heteroatoms. The number of piperidine rings is 1. The lowest BCUT2D eigenvalue weighted by molar-refractivity contribution is -0.143. The largest absolute Gasteiger partial charge is 0.490 e. The summed E-state index contributed by atoms with van der Waals surface area (Å²) in [7, 11) is 0. The smallest absolute Gasteiger partial charge is 0.416 e. The summed E-state index contributed by atoms with van der Waals surface area (Å²) in [5.74, 6) is -3.05. The predicted octanol–water partition coefficient (Wildman–Crippen LogP) is 5.69. The molecule has 2 aromatic carbocycles. The highest BCUT2D eigenvalue weighted by Crippen LogP contribution is 2.36. The van der Waals surface area contributed by atoms with E-state index in [4.69, 9.17) is 4.74 Å². The molecule has 1 aliphatic rings. The molecule has 0 saturated carbocycles. The van der Waals surface area contributed by atoms with Crippen LogP contribution in [0.25, 0.3) is 0 Å². The van der Waals surface area contributed by atoms with E-state index >= 15 is 0 Å². The minimum Gasteiger partial charge on any atom is -0.490 e. The Bertz CT molecular complexity index is 930. The number of benzene rings is 2. The van der Waals surface area contributed by atoms with Gasteiger partial charge in [-0.3, -0.25) is 4.79 Å². The second kappa shape index (κ2) is 8.35. The van der Waals surface area contributed by atoms with Crippen molar-refractivity contribution in [2.75, 3.05) is 13.1 Å². The van der Waals surface area contributed by atoms with Crippen LogP contribution in [-0.4, -0.2) is 30.0 Å². The quantitative estimate of drug-likeness (QED) is 0.560. The normalized spacial score (nSPS) is 15.8. The minimum absolute atomic E-state index is 0.00474. The first-order chi connectivity index (χ1) is 14.3. The number of amides is 1. The van der Waals surface area contributed by atoms with Crippen LogP contribution in [-0.2, 0) is 12.4 Å². The van der Waals surface area contributed by atoms with E-state index in [2.05, 4.69) is 0 Å². The monoisotopic (exact) mass is 453 g/mol. The summed E-state index contributed by atoms with van der Waals surface area (Å²) in [6.45, 7) is 0.00947. The molecule has 31 heavy (non-hydrogen) atoms. The van der Waals surface area contributed by atoms with E-state index in [1.165, 1.54) is 6.07 Å². The molecule has 1 fully saturated rings. The molecular weight excluding hydrogens is 438 g/mol. The fraction of sp³-hybridized carbons (Fsp3) is 0.350. The van der Waals surface area contributed by atoms with Crippen molar-refractivity contribution in [3.05, 3.63) is 64.7 Å². The van der Waals surface area contributed by atoms with E-state index < -0.39 is 52.7 Å². The van der Waals surface area contributed by atoms with Crippen molar-refractivity contribution in [1.82, 2.24) is 4.90 Å². The van der Waals surface area contributed by atoms with Crippen molar-refractivity contribution >= 4 is 5.91 Å². The van der Waals surface area contributed by atoms with Gasteiger partial charge in [-0.05, 0) is 30.3 Å². The molecule has 0 bridgehead atoms. The van der Waals surface area contributed by atoms with Gasteiger partial charge in [0.05, 0.1) is 11.1 Å². The van der Waals surface area contributed by atoms with Crippen LogP contribution in [0, 0.1) is 11.6 Å². The molecule has 0 aliphatic carbocycles. The summed E-state index contributed by atoms with van der Waals surface area (Å²) < 4.78 is 110. The van der Waals surface area contributed by atoms with Gasteiger partial charge in [-0.1, -0.05) is 0 Å². The van der Waals surface area contributed by atoms with E-state index in [0.717, 1.165) is 17.0 Å². The summed E-state index contributed by atoms with van der Waals surface area (Å²) in [6.07, 6.45) is -10.2. The van der Waals surface area contributed by atoms with Crippen molar-refractivity contribution in [3.8, 4) is 5.75 Å². The Hall–Kier alpha value is -2.85. The summed E-state index contributed by atoms with van der Waals surface area (Å²) in [6, 6.07) is 3.70. The van der Waals surface area contributed by atoms with Crippen molar-refractivity contribution in [2.45, 2.75) is 31.3 Å². The predicted molar refractivity (Wildman–Crippen MR) is 92.4 cm³/mol. The van der Waals surface area contributed by atoms with Gasteiger partial charge in [-0.25, -0.2) is 8.78 Å². The van der Waals surface area contributed by atoms with Crippen LogP contribution in [0.4, 0.5) is 35.1 Å². The lowest BCUT2D eigenvalue weighted by Crippen LogP contribution is -2.42. The molecule has 0 radical (unpaired) electrons. The van der Waals surface area contributed by atoms with Crippen LogP contribution >= 0.6 is 0 Å². The van der Waals surface area contributed by atoms with E-state index in [1.54, 1.807) is 0 Å². The fourth-order valence-corrected chi connectivity index (χ4v) is 3.18. The third kappa shape index (κ3) is 5.45. The zero-order chi connectivity index (χ0) is 23.0. The SMILES string of the molecule is O=C(c1cc(C(F)(F)F)cc(C(F)(F)F)c1)N1CCC(Oc2ccc(F)c(F)c2)CC1. The van der Waals surface area contributed by atoms with E-state index in [0.29, 0.717) is 12.1 Å². The Balaban J connectivity index is 1.72. The molecule has 0 N–H and O–H groups in total. The summed E-state index contributed by atoms with van der Waals surface area (Å²) in [4.78, 5) is 13.7. The number of rotatable bonds is 3. The second-order valence-corrected chi connectivity index (χ2v) is 6.98. The lowest BCUT2D eigenvalue weighted by atomic mass is 10.0. The first kappa shape index (κ1) is 22.8. The zero-order valence-electron chi connectivity index (χ0n) is 15.7. The molecule has 0 atom stereocenters. The number of halogens is 8. The molecule has 0 aromatic heterocycles. The number of hydrogen-bond donors (Lipinski definition) is 0. The highest BCUT2D eigenvalue weighted by atomic mass is 19.4. The average molecular weight is 453 g/mol. The van der Waals surface area contributed by atoms with Crippen LogP contribution in [0.5, 0.6) is 5.75 Å². The molecule has 1 amide bonds. The number of alkyl halides is 6. The summed E-state index contributed by atoms with van der Waals surface area (Å²) in [5, 5.41) is 0. The van der Waals surface area contributed by atoms with Gasteiger partial charge in [-0.15, -0.1) is 0 Å². The zero-order valence-corrected chi connectivity index (χ0v) is 15.7. The van der Waals surface area contributed by atoms with Crippen molar-refractivity contribution in [3.63, 3.8) is 0 Å². The van der Waals surface area contributed by atoms with Crippen LogP contribution in [0.2, 0.25) is 0 Å². The molecule has 3 rings (SSSR count). The maximum atomic E-state index is 13.3. The van der Waals surface area contributed by atoms with Crippen molar-refractivity contribution in [1.29, 1.82) is 0 Å². The highest BCUT2D eigenvalue weighted by Gasteiger charge is 2.38. The Labute approximate surface area is 171 Å². The third-order valence-corrected chi connectivity index (χ3v) is 4.76. The first-order valence-corrected chi connectivity index (χ1v) is 9.05. The van der Waals surface area contributed by atoms with Crippen LogP contribution in [0.15, 0.2) is 36.4 Å². The van der Waals surface area contributed by atoms with Gasteiger partial charge in [0.25, 0.3) is 5.91 Å². The highest BCUT2D eigenvalue weighted by molar-refractivity contribution is 5.94. The number of likely N-dealkylation sites (tertiary alicyclic amines) is 1. The van der Waals surface area contributed by atoms with Gasteiger partial charge in [0, 0.05) is 37.6 Å². The second-order valence-electron chi connectivity index (χ2n) is 6.98. The Morgan fingerprint density at radius 3 is 1.87 bits per heavy atom. The number of ether oxygens (including phenoxy) is 1. The van der Waals surface area contributed by atoms with Gasteiger partial charge >= 0.3 is 12.4 Å². The van der Waals surface area contributed by atoms with E-state index in [1.807, 2.05) is 0 Å². The first-order valence-electron chi connectivity index (χ1n) is 9.05. The van der Waals surface area contributed by atoms with E-state index in [-0.39, 0.29) is 37.7 Å². The number of hydrogen-bond acceptors (Lipinski definition) is 2. The topological polar surface area (TPSA) is 29.5 Å². The van der Waals surface area contributed by atoms with Crippen LogP contribution < -0.4 is 4.74 Å². The molecule has 168 valence electrons. The molecule has 0 unspecified atom stereocenters. The number of nitrogens with zero attached hydrogens (tertiary/aromatic N) is 1. The number of carbonyl (C=O) groups is 1. The van der Waals surface area contributed by atoms with Gasteiger partial charge in [0.1, 0.15) is 11.9 Å². The van der Waals surface area contributed by atoms with E-state index in [9.17, 15) is 39.9 Å². The summed E-state index contributed by atoms with van der Waals surface area (Å²) in [5.41, 5.74) is -3.86. The molecule has 1 saturated heterocycles. The number of carbonyl (C=O) groups excluding carboxylic acids is 1. The van der Waals surface area contributed by atoms with Gasteiger partial charge in [-0.2, -0.15) is 26.3 Å². The Morgan fingerprint density at radius 2 is 1.39 bits per heavy atom. The average Bonchev–Trinajstić information content (AvgIpc) is 2.69. The fourth-order valence-electron chi connectivity index (χ4n) is 3.18. The molecule has 0 spiro atoms. The maximum absolute atomic E-state index is 13.3. The lowest BCUT2D eigenvalue weighted by Gasteiger charge is -2.32. The van der Waals surface area contributed by atoms with Gasteiger partial charge < -0.3 is 9.64 Å². The van der Waals surface area contributed by atoms with Crippen molar-refractivity contribution < 1.29 is 44.7 Å². The van der Waals surface area contributed by atoms with Crippen LogP contribution in [0.3, 0.4) is 0 Å². The maximum Gasteiger partial charge on any atom is 0.416 e. The van der Waals surface area contributed by atoms with Gasteiger partial charge in [0.15, 0.2) is 11.6 Å². The van der Waals surface area contributed by atoms with Gasteiger partial charge in [0.2, 0.25) is 0 Å². The van der Waals surface area contributed by atoms with Crippen LogP contribution in [0.1, 0.15) is 34.3 Å². The van der Waals surface area contributed by atoms with Crippen molar-refractivity contribution in [2.24, 2.45) is 0 Å². The third-order valence-electron chi connectivity index (χ3n) is 4.76. The Morgan fingerprint density at radius 1 is 0.839 bits per heavy atom. The minimum atomic E-state index is -5.05. The molecular formula is C20H15F8NO2. The molecule has 3 nitrogen and oxygen atoms in total. The molecule has 1 heterocycles. The molecule has 2 aromatic rings. The summed E-state index contributed by atoms with van der Waals surface area (Å²) >= 11 is 0. The standard InChI is InChI=1S/C20H15F8NO2/c21-16-2-1-15(10-17(16)22)31-14-3-5-29(6-4-14)18(30)11-7-12(19(23,24)25)9-13(8-11)20(26,27)28/h1-2,7-10,14H,3-6H2. The molecule has 1 aliphatic heterocycles.